The predicted octanol–water partition coefficient (Wildman–Crippen LogP) is 1.75. The summed E-state index contributed by atoms with van der Waals surface area (Å²) in [7, 11) is -2.04. The zero-order valence-corrected chi connectivity index (χ0v) is 12.1. The molecule has 1 aliphatic rings. The van der Waals surface area contributed by atoms with Gasteiger partial charge in [-0.05, 0) is 30.4 Å². The van der Waals surface area contributed by atoms with Crippen LogP contribution in [0.15, 0.2) is 23.1 Å². The molecule has 0 saturated heterocycles. The molecule has 0 spiro atoms. The summed E-state index contributed by atoms with van der Waals surface area (Å²) >= 11 is 0. The smallest absolute Gasteiger partial charge is 0.240 e. The third-order valence-corrected chi connectivity index (χ3v) is 5.16. The Balaban J connectivity index is 2.14. The van der Waals surface area contributed by atoms with Crippen LogP contribution < -0.4 is 15.2 Å². The lowest BCUT2D eigenvalue weighted by Crippen LogP contribution is -2.39. The number of methoxy groups -OCH3 is 1. The molecule has 0 radical (unpaired) electrons. The van der Waals surface area contributed by atoms with E-state index in [1.165, 1.54) is 25.7 Å². The summed E-state index contributed by atoms with van der Waals surface area (Å²) in [6.07, 6.45) is 3.31. The van der Waals surface area contributed by atoms with Crippen molar-refractivity contribution in [1.82, 2.24) is 4.72 Å². The molecule has 1 aliphatic carbocycles. The Bertz CT molecular complexity index is 565. The van der Waals surface area contributed by atoms with Crippen molar-refractivity contribution >= 4 is 15.7 Å². The molecule has 2 rings (SSSR count). The van der Waals surface area contributed by atoms with Crippen LogP contribution >= 0.6 is 0 Å². The van der Waals surface area contributed by atoms with Crippen molar-refractivity contribution in [3.05, 3.63) is 18.2 Å². The maximum atomic E-state index is 12.2. The van der Waals surface area contributed by atoms with Gasteiger partial charge < -0.3 is 10.5 Å². The summed E-state index contributed by atoms with van der Waals surface area (Å²) in [6.45, 7) is 2.57. The lowest BCUT2D eigenvalue weighted by molar-refractivity contribution is 0.166. The number of hydrogen-bond acceptors (Lipinski definition) is 4. The average Bonchev–Trinajstić information content (AvgIpc) is 2.34. The van der Waals surface area contributed by atoms with Crippen LogP contribution in [-0.2, 0) is 10.0 Å². The van der Waals surface area contributed by atoms with Gasteiger partial charge >= 0.3 is 0 Å². The van der Waals surface area contributed by atoms with E-state index >= 15 is 0 Å². The first-order valence-corrected chi connectivity index (χ1v) is 7.78. The monoisotopic (exact) mass is 284 g/mol. The van der Waals surface area contributed by atoms with Gasteiger partial charge in [-0.15, -0.1) is 0 Å². The fourth-order valence-electron chi connectivity index (χ4n) is 2.17. The number of hydrogen-bond donors (Lipinski definition) is 2. The summed E-state index contributed by atoms with van der Waals surface area (Å²) < 4.78 is 32.1. The highest BCUT2D eigenvalue weighted by Gasteiger charge is 2.33. The minimum absolute atomic E-state index is 0.102. The molecule has 5 nitrogen and oxygen atoms in total. The molecule has 0 heterocycles. The molecule has 0 unspecified atom stereocenters. The minimum Gasteiger partial charge on any atom is -0.495 e. The van der Waals surface area contributed by atoms with Crippen molar-refractivity contribution < 1.29 is 13.2 Å². The van der Waals surface area contributed by atoms with E-state index in [1.54, 1.807) is 6.07 Å². The van der Waals surface area contributed by atoms with Gasteiger partial charge in [0.25, 0.3) is 0 Å². The molecule has 6 heteroatoms. The number of anilines is 1. The Hall–Kier alpha value is -1.27. The molecule has 0 aliphatic heterocycles. The van der Waals surface area contributed by atoms with Gasteiger partial charge in [0.05, 0.1) is 17.7 Å². The van der Waals surface area contributed by atoms with Crippen molar-refractivity contribution in [2.75, 3.05) is 19.4 Å². The molecule has 1 saturated carbocycles. The van der Waals surface area contributed by atoms with E-state index in [4.69, 9.17) is 10.5 Å². The summed E-state index contributed by atoms with van der Waals surface area (Å²) in [5.74, 6) is 0.373. The van der Waals surface area contributed by atoms with Crippen LogP contribution in [0.5, 0.6) is 5.75 Å². The van der Waals surface area contributed by atoms with Crippen LogP contribution in [-0.4, -0.2) is 22.1 Å². The molecule has 106 valence electrons. The third-order valence-electron chi connectivity index (χ3n) is 3.76. The molecule has 0 aromatic heterocycles. The Kier molecular flexibility index (Phi) is 3.73. The molecule has 1 aromatic rings. The maximum absolute atomic E-state index is 12.2. The van der Waals surface area contributed by atoms with Gasteiger partial charge in [-0.1, -0.05) is 13.3 Å². The van der Waals surface area contributed by atoms with Gasteiger partial charge in [0.15, 0.2) is 0 Å². The minimum atomic E-state index is -3.50. The summed E-state index contributed by atoms with van der Waals surface area (Å²) in [4.78, 5) is 0.182. The van der Waals surface area contributed by atoms with Gasteiger partial charge in [-0.3, -0.25) is 0 Å². The second-order valence-electron chi connectivity index (χ2n) is 5.39. The molecular weight excluding hydrogens is 264 g/mol. The standard InChI is InChI=1S/C13H20N2O3S/c1-13(6-3-7-13)9-15-19(16,17)10-4-5-11(14)12(8-10)18-2/h4-5,8,15H,3,6-7,9,14H2,1-2H3. The van der Waals surface area contributed by atoms with Crippen molar-refractivity contribution in [3.63, 3.8) is 0 Å². The molecule has 0 amide bonds. The fourth-order valence-corrected chi connectivity index (χ4v) is 3.38. The van der Waals surface area contributed by atoms with Gasteiger partial charge in [0.1, 0.15) is 5.75 Å². The van der Waals surface area contributed by atoms with Crippen LogP contribution in [0.25, 0.3) is 0 Å². The normalized spacial score (nSPS) is 17.8. The van der Waals surface area contributed by atoms with E-state index in [-0.39, 0.29) is 10.3 Å². The Morgan fingerprint density at radius 1 is 1.42 bits per heavy atom. The van der Waals surface area contributed by atoms with Crippen molar-refractivity contribution in [2.45, 2.75) is 31.1 Å². The van der Waals surface area contributed by atoms with E-state index in [1.807, 2.05) is 0 Å². The van der Waals surface area contributed by atoms with Crippen molar-refractivity contribution in [3.8, 4) is 5.75 Å². The number of nitrogens with one attached hydrogen (secondary N) is 1. The van der Waals surface area contributed by atoms with Crippen LogP contribution in [0.4, 0.5) is 5.69 Å². The van der Waals surface area contributed by atoms with Crippen molar-refractivity contribution in [1.29, 1.82) is 0 Å². The Morgan fingerprint density at radius 2 is 2.11 bits per heavy atom. The molecule has 3 N–H and O–H groups in total. The van der Waals surface area contributed by atoms with E-state index in [2.05, 4.69) is 11.6 Å². The van der Waals surface area contributed by atoms with Crippen LogP contribution in [0, 0.1) is 5.41 Å². The number of nitrogens with two attached hydrogens (primary N) is 1. The van der Waals surface area contributed by atoms with Gasteiger partial charge in [0, 0.05) is 12.6 Å². The van der Waals surface area contributed by atoms with Crippen LogP contribution in [0.3, 0.4) is 0 Å². The SMILES string of the molecule is COc1cc(S(=O)(=O)NCC2(C)CCC2)ccc1N. The molecule has 19 heavy (non-hydrogen) atoms. The van der Waals surface area contributed by atoms with Crippen LogP contribution in [0.1, 0.15) is 26.2 Å². The lowest BCUT2D eigenvalue weighted by Gasteiger charge is -2.38. The van der Waals surface area contributed by atoms with Gasteiger partial charge in [-0.25, -0.2) is 13.1 Å². The summed E-state index contributed by atoms with van der Waals surface area (Å²) in [5, 5.41) is 0. The van der Waals surface area contributed by atoms with Crippen molar-refractivity contribution in [2.24, 2.45) is 5.41 Å². The second-order valence-corrected chi connectivity index (χ2v) is 7.16. The van der Waals surface area contributed by atoms with E-state index in [9.17, 15) is 8.42 Å². The first kappa shape index (κ1) is 14.1. The predicted molar refractivity (Wildman–Crippen MR) is 74.6 cm³/mol. The van der Waals surface area contributed by atoms with E-state index in [0.29, 0.717) is 18.0 Å². The topological polar surface area (TPSA) is 81.4 Å². The molecule has 1 aromatic carbocycles. The maximum Gasteiger partial charge on any atom is 0.240 e. The van der Waals surface area contributed by atoms with Gasteiger partial charge in [0.2, 0.25) is 10.0 Å². The second kappa shape index (κ2) is 5.02. The number of benzene rings is 1. The lowest BCUT2D eigenvalue weighted by atomic mass is 9.71. The Morgan fingerprint density at radius 3 is 2.63 bits per heavy atom. The average molecular weight is 284 g/mol. The third kappa shape index (κ3) is 3.01. The highest BCUT2D eigenvalue weighted by molar-refractivity contribution is 7.89. The molecule has 0 bridgehead atoms. The van der Waals surface area contributed by atoms with E-state index in [0.717, 1.165) is 12.8 Å². The zero-order valence-electron chi connectivity index (χ0n) is 11.3. The summed E-state index contributed by atoms with van der Waals surface area (Å²) in [6, 6.07) is 4.47. The molecular formula is C13H20N2O3S. The number of nitrogen functional groups attached to an aromatic ring is 1. The molecule has 0 atom stereocenters. The fraction of sp³-hybridized carbons (Fsp3) is 0.538. The largest absolute Gasteiger partial charge is 0.495 e. The van der Waals surface area contributed by atoms with E-state index < -0.39 is 10.0 Å². The first-order valence-electron chi connectivity index (χ1n) is 6.29. The first-order chi connectivity index (χ1) is 8.86. The number of sulfonamides is 1. The molecule has 1 fully saturated rings. The highest BCUT2D eigenvalue weighted by atomic mass is 32.2. The zero-order chi connectivity index (χ0) is 14.1. The number of ether oxygens (including phenoxy) is 1. The quantitative estimate of drug-likeness (QED) is 0.807. The highest BCUT2D eigenvalue weighted by Crippen LogP contribution is 2.39. The summed E-state index contributed by atoms with van der Waals surface area (Å²) in [5.41, 5.74) is 6.20. The Labute approximate surface area is 114 Å². The van der Waals surface area contributed by atoms with Gasteiger partial charge in [-0.2, -0.15) is 0 Å². The number of rotatable bonds is 5. The van der Waals surface area contributed by atoms with Crippen LogP contribution in [0.2, 0.25) is 0 Å².